The highest BCUT2D eigenvalue weighted by molar-refractivity contribution is 5.85. The topological polar surface area (TPSA) is 3.24 Å². The molecule has 0 amide bonds. The summed E-state index contributed by atoms with van der Waals surface area (Å²) in [6.07, 6.45) is 10.4. The van der Waals surface area contributed by atoms with E-state index in [9.17, 15) is 0 Å². The Labute approximate surface area is 115 Å². The van der Waals surface area contributed by atoms with Crippen molar-refractivity contribution in [2.45, 2.75) is 66.2 Å². The number of halogens is 1. The van der Waals surface area contributed by atoms with Crippen LogP contribution in [0.25, 0.3) is 0 Å². The molecule has 0 unspecified atom stereocenters. The van der Waals surface area contributed by atoms with Gasteiger partial charge in [-0.3, -0.25) is 4.90 Å². The Bertz CT molecular complexity index is 168. The fourth-order valence-corrected chi connectivity index (χ4v) is 1.88. The molecule has 2 heteroatoms. The molecule has 1 nitrogen and oxygen atoms in total. The first-order valence-electron chi connectivity index (χ1n) is 7.08. The second kappa shape index (κ2) is 14.1. The molecule has 104 valence electrons. The highest BCUT2D eigenvalue weighted by atomic mass is 35.5. The third kappa shape index (κ3) is 12.2. The van der Waals surface area contributed by atoms with E-state index in [4.69, 9.17) is 0 Å². The van der Waals surface area contributed by atoms with Crippen LogP contribution in [0.15, 0.2) is 11.6 Å². The summed E-state index contributed by atoms with van der Waals surface area (Å²) in [5.74, 6) is 0. The van der Waals surface area contributed by atoms with Crippen molar-refractivity contribution < 1.29 is 0 Å². The number of unbranched alkanes of at least 4 members (excludes halogenated alkanes) is 4. The maximum Gasteiger partial charge on any atom is 0.0189 e. The molecule has 0 aliphatic rings. The summed E-state index contributed by atoms with van der Waals surface area (Å²) in [6, 6.07) is 0. The smallest absolute Gasteiger partial charge is 0.0189 e. The van der Waals surface area contributed by atoms with E-state index >= 15 is 0 Å². The highest BCUT2D eigenvalue weighted by Gasteiger charge is 2.04. The van der Waals surface area contributed by atoms with Crippen LogP contribution in [0.4, 0.5) is 0 Å². The molecule has 0 aromatic carbocycles. The second-order valence-corrected chi connectivity index (χ2v) is 4.83. The molecule has 0 saturated carbocycles. The zero-order valence-electron chi connectivity index (χ0n) is 12.3. The first-order chi connectivity index (χ1) is 7.74. The van der Waals surface area contributed by atoms with Crippen LogP contribution in [0, 0.1) is 0 Å². The zero-order chi connectivity index (χ0) is 12.2. The molecule has 0 aromatic heterocycles. The molecular weight excluding hydrogens is 230 g/mol. The zero-order valence-corrected chi connectivity index (χ0v) is 13.1. The van der Waals surface area contributed by atoms with Crippen LogP contribution < -0.4 is 0 Å². The summed E-state index contributed by atoms with van der Waals surface area (Å²) in [4.78, 5) is 2.63. The lowest BCUT2D eigenvalue weighted by molar-refractivity contribution is 0.282. The first-order valence-corrected chi connectivity index (χ1v) is 7.08. The molecule has 0 aliphatic carbocycles. The summed E-state index contributed by atoms with van der Waals surface area (Å²) in [5, 5.41) is 0. The van der Waals surface area contributed by atoms with Crippen LogP contribution >= 0.6 is 12.4 Å². The standard InChI is InChI=1S/C15H31N.ClH/c1-5-8-10-12-16(13-11-9-6-2)14-15(4)7-3;/h7H,5-6,8-14H2,1-4H3;1H. The van der Waals surface area contributed by atoms with Crippen molar-refractivity contribution in [2.75, 3.05) is 19.6 Å². The lowest BCUT2D eigenvalue weighted by Crippen LogP contribution is -2.27. The maximum atomic E-state index is 2.63. The SMILES string of the molecule is CC=C(C)CN(CCCCC)CCCCC.Cl. The van der Waals surface area contributed by atoms with Crippen molar-refractivity contribution in [3.8, 4) is 0 Å². The minimum Gasteiger partial charge on any atom is -0.299 e. The van der Waals surface area contributed by atoms with Crippen LogP contribution in [0.1, 0.15) is 66.2 Å². The third-order valence-electron chi connectivity index (χ3n) is 3.12. The Balaban J connectivity index is 0. The van der Waals surface area contributed by atoms with Gasteiger partial charge in [0.15, 0.2) is 0 Å². The van der Waals surface area contributed by atoms with E-state index in [1.807, 2.05) is 0 Å². The van der Waals surface area contributed by atoms with Gasteiger partial charge in [0.25, 0.3) is 0 Å². The molecule has 0 N–H and O–H groups in total. The normalized spacial score (nSPS) is 11.7. The third-order valence-corrected chi connectivity index (χ3v) is 3.12. The van der Waals surface area contributed by atoms with Gasteiger partial charge in [0.1, 0.15) is 0 Å². The van der Waals surface area contributed by atoms with Crippen molar-refractivity contribution in [3.63, 3.8) is 0 Å². The van der Waals surface area contributed by atoms with Gasteiger partial charge in [-0.2, -0.15) is 0 Å². The summed E-state index contributed by atoms with van der Waals surface area (Å²) >= 11 is 0. The molecule has 0 saturated heterocycles. The molecule has 0 rings (SSSR count). The number of nitrogens with zero attached hydrogens (tertiary/aromatic N) is 1. The highest BCUT2D eigenvalue weighted by Crippen LogP contribution is 2.05. The fourth-order valence-electron chi connectivity index (χ4n) is 1.88. The van der Waals surface area contributed by atoms with Gasteiger partial charge in [0.05, 0.1) is 0 Å². The van der Waals surface area contributed by atoms with Crippen LogP contribution in [0.5, 0.6) is 0 Å². The quantitative estimate of drug-likeness (QED) is 0.393. The molecule has 0 atom stereocenters. The van der Waals surface area contributed by atoms with Gasteiger partial charge >= 0.3 is 0 Å². The first kappa shape index (κ1) is 19.3. The summed E-state index contributed by atoms with van der Waals surface area (Å²) in [6.45, 7) is 12.7. The lowest BCUT2D eigenvalue weighted by Gasteiger charge is -2.22. The average Bonchev–Trinajstić information content (AvgIpc) is 2.29. The molecule has 0 aliphatic heterocycles. The van der Waals surface area contributed by atoms with Gasteiger partial charge in [0, 0.05) is 6.54 Å². The fraction of sp³-hybridized carbons (Fsp3) is 0.867. The van der Waals surface area contributed by atoms with Crippen molar-refractivity contribution >= 4 is 12.4 Å². The minimum absolute atomic E-state index is 0. The number of rotatable bonds is 10. The number of hydrogen-bond donors (Lipinski definition) is 0. The van der Waals surface area contributed by atoms with Gasteiger partial charge in [-0.05, 0) is 39.8 Å². The van der Waals surface area contributed by atoms with E-state index in [1.54, 1.807) is 0 Å². The van der Waals surface area contributed by atoms with E-state index in [0.717, 1.165) is 0 Å². The molecule has 0 aromatic rings. The molecule has 0 radical (unpaired) electrons. The Morgan fingerprint density at radius 2 is 1.41 bits per heavy atom. The Hall–Kier alpha value is -0.0100. The van der Waals surface area contributed by atoms with Crippen LogP contribution in [-0.4, -0.2) is 24.5 Å². The minimum atomic E-state index is 0. The van der Waals surface area contributed by atoms with E-state index < -0.39 is 0 Å². The largest absolute Gasteiger partial charge is 0.299 e. The molecule has 17 heavy (non-hydrogen) atoms. The molecular formula is C15H32ClN. The van der Waals surface area contributed by atoms with E-state index in [-0.39, 0.29) is 12.4 Å². The predicted molar refractivity (Wildman–Crippen MR) is 82.2 cm³/mol. The van der Waals surface area contributed by atoms with Gasteiger partial charge in [-0.1, -0.05) is 51.2 Å². The van der Waals surface area contributed by atoms with Crippen LogP contribution in [0.2, 0.25) is 0 Å². The van der Waals surface area contributed by atoms with E-state index in [2.05, 4.69) is 38.7 Å². The summed E-state index contributed by atoms with van der Waals surface area (Å²) < 4.78 is 0. The van der Waals surface area contributed by atoms with Gasteiger partial charge in [-0.15, -0.1) is 12.4 Å². The Morgan fingerprint density at radius 1 is 0.941 bits per heavy atom. The van der Waals surface area contributed by atoms with Crippen molar-refractivity contribution in [1.82, 2.24) is 4.90 Å². The predicted octanol–water partition coefficient (Wildman–Crippen LogP) is 5.06. The van der Waals surface area contributed by atoms with Crippen LogP contribution in [0.3, 0.4) is 0 Å². The number of hydrogen-bond acceptors (Lipinski definition) is 1. The Kier molecular flexibility index (Phi) is 16.0. The van der Waals surface area contributed by atoms with Gasteiger partial charge in [-0.25, -0.2) is 0 Å². The van der Waals surface area contributed by atoms with E-state index in [0.29, 0.717) is 0 Å². The lowest BCUT2D eigenvalue weighted by atomic mass is 10.2. The average molecular weight is 262 g/mol. The van der Waals surface area contributed by atoms with Crippen molar-refractivity contribution in [3.05, 3.63) is 11.6 Å². The molecule has 0 bridgehead atoms. The monoisotopic (exact) mass is 261 g/mol. The Morgan fingerprint density at radius 3 is 1.76 bits per heavy atom. The van der Waals surface area contributed by atoms with E-state index in [1.165, 1.54) is 63.7 Å². The summed E-state index contributed by atoms with van der Waals surface area (Å²) in [7, 11) is 0. The van der Waals surface area contributed by atoms with Crippen LogP contribution in [-0.2, 0) is 0 Å². The molecule has 0 heterocycles. The maximum absolute atomic E-state index is 2.63. The van der Waals surface area contributed by atoms with Crippen molar-refractivity contribution in [2.24, 2.45) is 0 Å². The van der Waals surface area contributed by atoms with Gasteiger partial charge in [0.2, 0.25) is 0 Å². The number of allylic oxidation sites excluding steroid dienone is 1. The molecule has 0 fully saturated rings. The second-order valence-electron chi connectivity index (χ2n) is 4.83. The molecule has 0 spiro atoms. The van der Waals surface area contributed by atoms with Crippen molar-refractivity contribution in [1.29, 1.82) is 0 Å². The summed E-state index contributed by atoms with van der Waals surface area (Å²) in [5.41, 5.74) is 1.51. The van der Waals surface area contributed by atoms with Gasteiger partial charge < -0.3 is 0 Å².